The molecule has 0 radical (unpaired) electrons. The van der Waals surface area contributed by atoms with Crippen LogP contribution in [0, 0.1) is 0 Å². The Hall–Kier alpha value is -3.55. The Morgan fingerprint density at radius 3 is 2.45 bits per heavy atom. The highest BCUT2D eigenvalue weighted by Crippen LogP contribution is 2.24. The van der Waals surface area contributed by atoms with E-state index in [9.17, 15) is 4.79 Å². The van der Waals surface area contributed by atoms with E-state index in [2.05, 4.69) is 27.5 Å². The van der Waals surface area contributed by atoms with E-state index in [-0.39, 0.29) is 5.91 Å². The lowest BCUT2D eigenvalue weighted by Crippen LogP contribution is -2.47. The number of amides is 1. The van der Waals surface area contributed by atoms with Gasteiger partial charge in [-0.15, -0.1) is 11.3 Å². The van der Waals surface area contributed by atoms with Gasteiger partial charge in [0.05, 0.1) is 17.6 Å². The van der Waals surface area contributed by atoms with Gasteiger partial charge in [0.25, 0.3) is 0 Å². The van der Waals surface area contributed by atoms with Gasteiger partial charge in [0.2, 0.25) is 5.91 Å². The second kappa shape index (κ2) is 9.94. The van der Waals surface area contributed by atoms with Gasteiger partial charge in [0, 0.05) is 61.5 Å². The third-order valence-corrected chi connectivity index (χ3v) is 6.62. The monoisotopic (exact) mass is 455 g/mol. The molecule has 2 aromatic heterocycles. The van der Waals surface area contributed by atoms with Crippen molar-refractivity contribution in [2.45, 2.75) is 6.54 Å². The topological polar surface area (TPSA) is 54.3 Å². The van der Waals surface area contributed by atoms with Gasteiger partial charge in [-0.25, -0.2) is 9.67 Å². The molecule has 7 heteroatoms. The molecule has 0 unspecified atom stereocenters. The Kier molecular flexibility index (Phi) is 6.41. The number of thiazole rings is 1. The number of aromatic nitrogens is 3. The standard InChI is InChI=1S/C26H25N5OS/c32-25(12-11-21-17-27-31(18-21)24-9-5-2-6-10-24)30-15-13-29(14-16-30)19-23-20-33-26(28-23)22-7-3-1-4-8-22/h1-12,17-18,20H,13-16,19H2/b12-11+. The number of carbonyl (C=O) groups is 1. The van der Waals surface area contributed by atoms with E-state index >= 15 is 0 Å². The van der Waals surface area contributed by atoms with Crippen molar-refractivity contribution in [3.63, 3.8) is 0 Å². The zero-order valence-electron chi connectivity index (χ0n) is 18.2. The maximum Gasteiger partial charge on any atom is 0.246 e. The molecule has 1 aliphatic heterocycles. The van der Waals surface area contributed by atoms with Crippen LogP contribution in [0.15, 0.2) is 84.5 Å². The first kappa shape index (κ1) is 21.3. The van der Waals surface area contributed by atoms with E-state index in [1.165, 1.54) is 0 Å². The second-order valence-corrected chi connectivity index (χ2v) is 8.86. The molecule has 33 heavy (non-hydrogen) atoms. The number of piperazine rings is 1. The Balaban J connectivity index is 1.12. The van der Waals surface area contributed by atoms with Gasteiger partial charge in [-0.3, -0.25) is 9.69 Å². The molecule has 3 heterocycles. The molecule has 4 aromatic rings. The summed E-state index contributed by atoms with van der Waals surface area (Å²) in [4.78, 5) is 21.7. The van der Waals surface area contributed by atoms with Crippen LogP contribution in [0.2, 0.25) is 0 Å². The van der Waals surface area contributed by atoms with Gasteiger partial charge >= 0.3 is 0 Å². The lowest BCUT2D eigenvalue weighted by molar-refractivity contribution is -0.127. The van der Waals surface area contributed by atoms with Crippen LogP contribution in [-0.4, -0.2) is 56.7 Å². The van der Waals surface area contributed by atoms with Crippen LogP contribution < -0.4 is 0 Å². The number of nitrogens with zero attached hydrogens (tertiary/aromatic N) is 5. The molecule has 1 amide bonds. The molecule has 2 aromatic carbocycles. The molecular weight excluding hydrogens is 430 g/mol. The number of hydrogen-bond donors (Lipinski definition) is 0. The summed E-state index contributed by atoms with van der Waals surface area (Å²) in [6.45, 7) is 3.97. The maximum atomic E-state index is 12.7. The minimum absolute atomic E-state index is 0.0436. The highest BCUT2D eigenvalue weighted by atomic mass is 32.1. The minimum atomic E-state index is 0.0436. The lowest BCUT2D eigenvalue weighted by atomic mass is 10.2. The molecular formula is C26H25N5OS. The largest absolute Gasteiger partial charge is 0.337 e. The Morgan fingerprint density at radius 1 is 0.970 bits per heavy atom. The molecule has 0 aliphatic carbocycles. The van der Waals surface area contributed by atoms with Crippen molar-refractivity contribution in [3.05, 3.63) is 95.8 Å². The first-order chi connectivity index (χ1) is 16.2. The van der Waals surface area contributed by atoms with Crippen LogP contribution in [0.5, 0.6) is 0 Å². The highest BCUT2D eigenvalue weighted by molar-refractivity contribution is 7.13. The van der Waals surface area contributed by atoms with E-state index in [0.717, 1.165) is 60.2 Å². The van der Waals surface area contributed by atoms with Crippen LogP contribution in [0.3, 0.4) is 0 Å². The molecule has 1 saturated heterocycles. The summed E-state index contributed by atoms with van der Waals surface area (Å²) < 4.78 is 1.81. The first-order valence-corrected chi connectivity index (χ1v) is 11.9. The zero-order valence-corrected chi connectivity index (χ0v) is 19.1. The minimum Gasteiger partial charge on any atom is -0.337 e. The molecule has 5 rings (SSSR count). The number of rotatable bonds is 6. The first-order valence-electron chi connectivity index (χ1n) is 11.0. The number of para-hydroxylation sites is 1. The summed E-state index contributed by atoms with van der Waals surface area (Å²) in [5.74, 6) is 0.0436. The lowest BCUT2D eigenvalue weighted by Gasteiger charge is -2.33. The summed E-state index contributed by atoms with van der Waals surface area (Å²) in [5, 5.41) is 7.57. The fourth-order valence-corrected chi connectivity index (χ4v) is 4.68. The summed E-state index contributed by atoms with van der Waals surface area (Å²) in [5.41, 5.74) is 4.15. The SMILES string of the molecule is O=C(/C=C/c1cnn(-c2ccccc2)c1)N1CCN(Cc2csc(-c3ccccc3)n2)CC1. The third kappa shape index (κ3) is 5.27. The molecule has 1 aliphatic rings. The van der Waals surface area contributed by atoms with Crippen LogP contribution in [0.1, 0.15) is 11.3 Å². The summed E-state index contributed by atoms with van der Waals surface area (Å²) >= 11 is 1.68. The highest BCUT2D eigenvalue weighted by Gasteiger charge is 2.20. The number of hydrogen-bond acceptors (Lipinski definition) is 5. The molecule has 0 atom stereocenters. The van der Waals surface area contributed by atoms with E-state index < -0.39 is 0 Å². The quantitative estimate of drug-likeness (QED) is 0.406. The second-order valence-electron chi connectivity index (χ2n) is 8.00. The normalized spacial score (nSPS) is 14.7. The number of carbonyl (C=O) groups excluding carboxylic acids is 1. The average molecular weight is 456 g/mol. The third-order valence-electron chi connectivity index (χ3n) is 5.68. The Bertz CT molecular complexity index is 1220. The average Bonchev–Trinajstić information content (AvgIpc) is 3.54. The van der Waals surface area contributed by atoms with E-state index in [1.54, 1.807) is 23.6 Å². The fraction of sp³-hybridized carbons (Fsp3) is 0.192. The van der Waals surface area contributed by atoms with Gasteiger partial charge < -0.3 is 4.90 Å². The van der Waals surface area contributed by atoms with Crippen molar-refractivity contribution in [2.24, 2.45) is 0 Å². The molecule has 0 N–H and O–H groups in total. The van der Waals surface area contributed by atoms with Crippen molar-refractivity contribution in [1.29, 1.82) is 0 Å². The van der Waals surface area contributed by atoms with Crippen LogP contribution >= 0.6 is 11.3 Å². The van der Waals surface area contributed by atoms with Crippen LogP contribution in [-0.2, 0) is 11.3 Å². The van der Waals surface area contributed by atoms with E-state index in [0.29, 0.717) is 0 Å². The molecule has 166 valence electrons. The maximum absolute atomic E-state index is 12.7. The van der Waals surface area contributed by atoms with Crippen molar-refractivity contribution >= 4 is 23.3 Å². The Morgan fingerprint density at radius 2 is 1.70 bits per heavy atom. The van der Waals surface area contributed by atoms with Crippen molar-refractivity contribution in [3.8, 4) is 16.3 Å². The van der Waals surface area contributed by atoms with Gasteiger partial charge in [0.15, 0.2) is 0 Å². The predicted octanol–water partition coefficient (Wildman–Crippen LogP) is 4.35. The molecule has 6 nitrogen and oxygen atoms in total. The van der Waals surface area contributed by atoms with E-state index in [4.69, 9.17) is 4.98 Å². The van der Waals surface area contributed by atoms with Crippen LogP contribution in [0.25, 0.3) is 22.3 Å². The van der Waals surface area contributed by atoms with Gasteiger partial charge in [0.1, 0.15) is 5.01 Å². The zero-order chi connectivity index (χ0) is 22.5. The number of benzene rings is 2. The molecule has 0 saturated carbocycles. The molecule has 0 spiro atoms. The van der Waals surface area contributed by atoms with Crippen LogP contribution in [0.4, 0.5) is 0 Å². The van der Waals surface area contributed by atoms with Gasteiger partial charge in [-0.1, -0.05) is 48.5 Å². The summed E-state index contributed by atoms with van der Waals surface area (Å²) in [6.07, 6.45) is 7.18. The van der Waals surface area contributed by atoms with Gasteiger partial charge in [-0.2, -0.15) is 5.10 Å². The summed E-state index contributed by atoms with van der Waals surface area (Å²) in [6, 6.07) is 20.2. The summed E-state index contributed by atoms with van der Waals surface area (Å²) in [7, 11) is 0. The smallest absolute Gasteiger partial charge is 0.246 e. The molecule has 0 bridgehead atoms. The van der Waals surface area contributed by atoms with Crippen molar-refractivity contribution in [2.75, 3.05) is 26.2 Å². The molecule has 1 fully saturated rings. The predicted molar refractivity (Wildman–Crippen MR) is 132 cm³/mol. The van der Waals surface area contributed by atoms with Gasteiger partial charge in [-0.05, 0) is 18.2 Å². The fourth-order valence-electron chi connectivity index (χ4n) is 3.87. The Labute approximate surface area is 197 Å². The van der Waals surface area contributed by atoms with E-state index in [1.807, 2.05) is 70.4 Å². The van der Waals surface area contributed by atoms with Crippen molar-refractivity contribution in [1.82, 2.24) is 24.6 Å². The van der Waals surface area contributed by atoms with Crippen molar-refractivity contribution < 1.29 is 4.79 Å².